The second-order valence-corrected chi connectivity index (χ2v) is 8.91. The molecule has 3 nitrogen and oxygen atoms in total. The van der Waals surface area contributed by atoms with Crippen molar-refractivity contribution in [3.8, 4) is 0 Å². The third-order valence-corrected chi connectivity index (χ3v) is 7.12. The van der Waals surface area contributed by atoms with E-state index in [0.717, 1.165) is 30.0 Å². The van der Waals surface area contributed by atoms with Crippen LogP contribution < -0.4 is 0 Å². The lowest BCUT2D eigenvalue weighted by Crippen LogP contribution is -2.34. The van der Waals surface area contributed by atoms with Gasteiger partial charge in [-0.3, -0.25) is 0 Å². The van der Waals surface area contributed by atoms with E-state index in [0.29, 0.717) is 18.0 Å². The van der Waals surface area contributed by atoms with Crippen LogP contribution in [0.15, 0.2) is 77.7 Å². The molecule has 0 aliphatic carbocycles. The minimum atomic E-state index is -3.48. The van der Waals surface area contributed by atoms with Gasteiger partial charge in [-0.2, -0.15) is 4.31 Å². The molecule has 3 aromatic carbocycles. The Labute approximate surface area is 155 Å². The van der Waals surface area contributed by atoms with Gasteiger partial charge in [0.05, 0.1) is 4.90 Å². The van der Waals surface area contributed by atoms with Crippen LogP contribution in [0.25, 0.3) is 10.8 Å². The molecule has 0 bridgehead atoms. The summed E-state index contributed by atoms with van der Waals surface area (Å²) in [5.74, 6) is 0.258. The highest BCUT2D eigenvalue weighted by molar-refractivity contribution is 7.89. The zero-order valence-electron chi connectivity index (χ0n) is 14.7. The number of fused-ring (bicyclic) bond motifs is 1. The Morgan fingerprint density at radius 2 is 1.54 bits per heavy atom. The van der Waals surface area contributed by atoms with Crippen LogP contribution in [-0.4, -0.2) is 25.8 Å². The summed E-state index contributed by atoms with van der Waals surface area (Å²) >= 11 is 0. The molecule has 0 saturated carbocycles. The number of nitrogens with zero attached hydrogens (tertiary/aromatic N) is 1. The summed E-state index contributed by atoms with van der Waals surface area (Å²) in [6, 6.07) is 23.6. The van der Waals surface area contributed by atoms with Crippen LogP contribution in [0.5, 0.6) is 0 Å². The van der Waals surface area contributed by atoms with Crippen molar-refractivity contribution >= 4 is 20.8 Å². The molecule has 26 heavy (non-hydrogen) atoms. The van der Waals surface area contributed by atoms with Gasteiger partial charge >= 0.3 is 0 Å². The minimum absolute atomic E-state index is 0.258. The van der Waals surface area contributed by atoms with Crippen molar-refractivity contribution in [1.29, 1.82) is 0 Å². The Hall–Kier alpha value is -2.17. The third-order valence-electron chi connectivity index (χ3n) is 5.26. The Morgan fingerprint density at radius 1 is 0.808 bits per heavy atom. The van der Waals surface area contributed by atoms with Gasteiger partial charge in [0.1, 0.15) is 0 Å². The van der Waals surface area contributed by atoms with E-state index in [1.54, 1.807) is 16.4 Å². The van der Waals surface area contributed by atoms with Crippen LogP contribution in [0, 0.1) is 0 Å². The zero-order chi connectivity index (χ0) is 18.0. The van der Waals surface area contributed by atoms with Gasteiger partial charge in [0.2, 0.25) is 10.0 Å². The Bertz CT molecular complexity index is 999. The predicted molar refractivity (Wildman–Crippen MR) is 106 cm³/mol. The molecule has 0 aromatic heterocycles. The Kier molecular flexibility index (Phi) is 4.79. The van der Waals surface area contributed by atoms with E-state index in [2.05, 4.69) is 12.1 Å². The largest absolute Gasteiger partial charge is 0.243 e. The first kappa shape index (κ1) is 17.3. The molecule has 0 amide bonds. The summed E-state index contributed by atoms with van der Waals surface area (Å²) in [5, 5.41) is 2.02. The first-order valence-corrected chi connectivity index (χ1v) is 10.6. The van der Waals surface area contributed by atoms with E-state index in [-0.39, 0.29) is 5.92 Å². The molecule has 1 aliphatic heterocycles. The van der Waals surface area contributed by atoms with Crippen LogP contribution in [0.2, 0.25) is 0 Å². The Balaban J connectivity index is 1.66. The van der Waals surface area contributed by atoms with Crippen molar-refractivity contribution < 1.29 is 8.42 Å². The van der Waals surface area contributed by atoms with E-state index < -0.39 is 10.0 Å². The zero-order valence-corrected chi connectivity index (χ0v) is 15.5. The molecule has 134 valence electrons. The van der Waals surface area contributed by atoms with Gasteiger partial charge < -0.3 is 0 Å². The highest BCUT2D eigenvalue weighted by Gasteiger charge is 2.29. The van der Waals surface area contributed by atoms with Crippen LogP contribution in [0.4, 0.5) is 0 Å². The topological polar surface area (TPSA) is 37.4 Å². The van der Waals surface area contributed by atoms with Gasteiger partial charge in [-0.15, -0.1) is 0 Å². The molecule has 4 heteroatoms. The van der Waals surface area contributed by atoms with Crippen molar-refractivity contribution in [2.45, 2.75) is 30.1 Å². The average molecular weight is 365 g/mol. The van der Waals surface area contributed by atoms with Crippen LogP contribution >= 0.6 is 0 Å². The summed E-state index contributed by atoms with van der Waals surface area (Å²) in [6.45, 7) is 1.15. The molecular formula is C22H23NO2S. The summed E-state index contributed by atoms with van der Waals surface area (Å²) in [7, 11) is -3.48. The smallest absolute Gasteiger partial charge is 0.207 e. The monoisotopic (exact) mass is 365 g/mol. The number of sulfonamides is 1. The molecule has 1 saturated heterocycles. The second-order valence-electron chi connectivity index (χ2n) is 6.98. The standard InChI is InChI=1S/C22H23NO2S/c24-26(25,22-14-13-19-10-4-5-11-20(19)16-22)23-15-7-6-12-21(17-23)18-8-2-1-3-9-18/h1-5,8-11,13-14,16,21H,6-7,12,15,17H2. The fraction of sp³-hybridized carbons (Fsp3) is 0.273. The van der Waals surface area contributed by atoms with E-state index in [4.69, 9.17) is 0 Å². The fourth-order valence-electron chi connectivity index (χ4n) is 3.80. The fourth-order valence-corrected chi connectivity index (χ4v) is 5.36. The van der Waals surface area contributed by atoms with E-state index >= 15 is 0 Å². The van der Waals surface area contributed by atoms with Crippen molar-refractivity contribution in [3.63, 3.8) is 0 Å². The van der Waals surface area contributed by atoms with Gasteiger partial charge in [0.25, 0.3) is 0 Å². The molecule has 4 rings (SSSR count). The molecule has 0 N–H and O–H groups in total. The van der Waals surface area contributed by atoms with E-state index in [1.165, 1.54) is 5.56 Å². The minimum Gasteiger partial charge on any atom is -0.207 e. The molecule has 1 fully saturated rings. The maximum atomic E-state index is 13.3. The molecule has 3 aromatic rings. The molecule has 1 atom stereocenters. The number of rotatable bonds is 3. The van der Waals surface area contributed by atoms with Crippen molar-refractivity contribution in [2.24, 2.45) is 0 Å². The third kappa shape index (κ3) is 3.39. The lowest BCUT2D eigenvalue weighted by atomic mass is 9.95. The summed E-state index contributed by atoms with van der Waals surface area (Å²) in [5.41, 5.74) is 1.23. The van der Waals surface area contributed by atoms with E-state index in [1.807, 2.05) is 48.5 Å². The predicted octanol–water partition coefficient (Wildman–Crippen LogP) is 4.80. The highest BCUT2D eigenvalue weighted by atomic mass is 32.2. The highest BCUT2D eigenvalue weighted by Crippen LogP contribution is 2.30. The van der Waals surface area contributed by atoms with Crippen LogP contribution in [0.1, 0.15) is 30.7 Å². The maximum absolute atomic E-state index is 13.3. The summed E-state index contributed by atoms with van der Waals surface area (Å²) in [6.07, 6.45) is 3.01. The van der Waals surface area contributed by atoms with Crippen molar-refractivity contribution in [3.05, 3.63) is 78.4 Å². The molecule has 0 radical (unpaired) electrons. The molecule has 1 aliphatic rings. The number of benzene rings is 3. The lowest BCUT2D eigenvalue weighted by molar-refractivity contribution is 0.406. The maximum Gasteiger partial charge on any atom is 0.243 e. The van der Waals surface area contributed by atoms with Gasteiger partial charge in [0, 0.05) is 13.1 Å². The van der Waals surface area contributed by atoms with Crippen molar-refractivity contribution in [2.75, 3.05) is 13.1 Å². The number of hydrogen-bond donors (Lipinski definition) is 0. The summed E-state index contributed by atoms with van der Waals surface area (Å²) < 4.78 is 28.3. The number of hydrogen-bond acceptors (Lipinski definition) is 2. The van der Waals surface area contributed by atoms with Gasteiger partial charge in [-0.25, -0.2) is 8.42 Å². The summed E-state index contributed by atoms with van der Waals surface area (Å²) in [4.78, 5) is 0.393. The van der Waals surface area contributed by atoms with Gasteiger partial charge in [-0.1, -0.05) is 67.1 Å². The van der Waals surface area contributed by atoms with Crippen LogP contribution in [-0.2, 0) is 10.0 Å². The molecule has 1 heterocycles. The molecule has 1 unspecified atom stereocenters. The van der Waals surface area contributed by atoms with Gasteiger partial charge in [0.15, 0.2) is 0 Å². The average Bonchev–Trinajstić information content (AvgIpc) is 2.95. The second kappa shape index (κ2) is 7.22. The quantitative estimate of drug-likeness (QED) is 0.669. The molecular weight excluding hydrogens is 342 g/mol. The van der Waals surface area contributed by atoms with Crippen LogP contribution in [0.3, 0.4) is 0 Å². The SMILES string of the molecule is O=S(=O)(c1ccc2ccccc2c1)N1CCCCC(c2ccccc2)C1. The first-order valence-electron chi connectivity index (χ1n) is 9.18. The first-order chi connectivity index (χ1) is 12.6. The molecule has 0 spiro atoms. The normalized spacial score (nSPS) is 19.3. The lowest BCUT2D eigenvalue weighted by Gasteiger charge is -2.24. The van der Waals surface area contributed by atoms with Gasteiger partial charge in [-0.05, 0) is 47.2 Å². The Morgan fingerprint density at radius 3 is 2.35 bits per heavy atom. The van der Waals surface area contributed by atoms with Crippen molar-refractivity contribution in [1.82, 2.24) is 4.31 Å². The van der Waals surface area contributed by atoms with E-state index in [9.17, 15) is 8.42 Å².